The minimum absolute atomic E-state index is 0.220. The zero-order chi connectivity index (χ0) is 19.2. The lowest BCUT2D eigenvalue weighted by Gasteiger charge is -2.11. The van der Waals surface area contributed by atoms with Crippen molar-refractivity contribution in [3.63, 3.8) is 0 Å². The normalized spacial score (nSPS) is 14.5. The van der Waals surface area contributed by atoms with E-state index in [4.69, 9.17) is 4.74 Å². The number of hydrogen-bond donors (Lipinski definition) is 0. The lowest BCUT2D eigenvalue weighted by molar-refractivity contribution is -0.137. The van der Waals surface area contributed by atoms with Crippen LogP contribution in [0.5, 0.6) is 0 Å². The highest BCUT2D eigenvalue weighted by atomic mass is 19.4. The Kier molecular flexibility index (Phi) is 4.17. The summed E-state index contributed by atoms with van der Waals surface area (Å²) < 4.78 is 46.0. The summed E-state index contributed by atoms with van der Waals surface area (Å²) in [6.45, 7) is 2.00. The largest absolute Gasteiger partial charge is 0.462 e. The van der Waals surface area contributed by atoms with Crippen molar-refractivity contribution in [2.24, 2.45) is 0 Å². The summed E-state index contributed by atoms with van der Waals surface area (Å²) in [4.78, 5) is 16.5. The van der Waals surface area contributed by atoms with Crippen molar-refractivity contribution in [3.8, 4) is 5.69 Å². The van der Waals surface area contributed by atoms with Gasteiger partial charge in [-0.1, -0.05) is 6.07 Å². The number of carbonyl (C=O) groups is 1. The van der Waals surface area contributed by atoms with Crippen molar-refractivity contribution in [2.75, 3.05) is 6.61 Å². The van der Waals surface area contributed by atoms with Crippen molar-refractivity contribution >= 4 is 17.0 Å². The molecular weight excluding hydrogens is 357 g/mol. The Morgan fingerprint density at radius 3 is 2.67 bits per heavy atom. The number of esters is 1. The zero-order valence-electron chi connectivity index (χ0n) is 14.6. The molecule has 3 aromatic rings. The minimum Gasteiger partial charge on any atom is -0.462 e. The summed E-state index contributed by atoms with van der Waals surface area (Å²) in [7, 11) is 0. The van der Waals surface area contributed by atoms with Crippen LogP contribution in [0.1, 0.15) is 47.4 Å². The quantitative estimate of drug-likeness (QED) is 0.597. The molecule has 0 aliphatic heterocycles. The monoisotopic (exact) mass is 374 g/mol. The van der Waals surface area contributed by atoms with E-state index < -0.39 is 17.7 Å². The third-order valence-electron chi connectivity index (χ3n) is 4.57. The average molecular weight is 374 g/mol. The molecule has 0 radical (unpaired) electrons. The number of aromatic nitrogens is 2. The first-order chi connectivity index (χ1) is 12.9. The van der Waals surface area contributed by atoms with Gasteiger partial charge >= 0.3 is 12.1 Å². The zero-order valence-corrected chi connectivity index (χ0v) is 14.6. The maximum atomic E-state index is 13.0. The smallest absolute Gasteiger partial charge is 0.416 e. The Morgan fingerprint density at radius 1 is 1.22 bits per heavy atom. The second-order valence-electron chi connectivity index (χ2n) is 6.55. The van der Waals surface area contributed by atoms with Gasteiger partial charge in [-0.2, -0.15) is 13.2 Å². The standard InChI is InChI=1S/C20H17F3N2O2/c1-2-27-19(26)13-4-3-5-15(10-13)25-17-9-8-14(20(21,22)23)11-16(17)24-18(25)12-6-7-12/h3-5,8-12H,2,6-7H2,1H3. The molecule has 1 fully saturated rings. The first-order valence-corrected chi connectivity index (χ1v) is 8.75. The van der Waals surface area contributed by atoms with Gasteiger partial charge in [0.15, 0.2) is 0 Å². The Labute approximate surface area is 153 Å². The predicted octanol–water partition coefficient (Wildman–Crippen LogP) is 5.10. The number of fused-ring (bicyclic) bond motifs is 1. The van der Waals surface area contributed by atoms with Crippen LogP contribution in [0.15, 0.2) is 42.5 Å². The van der Waals surface area contributed by atoms with Crippen LogP contribution in [0.3, 0.4) is 0 Å². The van der Waals surface area contributed by atoms with Gasteiger partial charge in [0.1, 0.15) is 5.82 Å². The molecule has 2 aromatic carbocycles. The minimum atomic E-state index is -4.42. The lowest BCUT2D eigenvalue weighted by atomic mass is 10.1. The molecule has 4 rings (SSSR count). The highest BCUT2D eigenvalue weighted by Crippen LogP contribution is 2.42. The molecule has 140 valence electrons. The topological polar surface area (TPSA) is 44.1 Å². The van der Waals surface area contributed by atoms with Crippen LogP contribution in [0.4, 0.5) is 13.2 Å². The van der Waals surface area contributed by atoms with Gasteiger partial charge < -0.3 is 4.74 Å². The van der Waals surface area contributed by atoms with Crippen LogP contribution >= 0.6 is 0 Å². The van der Waals surface area contributed by atoms with Crippen molar-refractivity contribution in [2.45, 2.75) is 31.9 Å². The molecule has 0 N–H and O–H groups in total. The number of halogens is 3. The van der Waals surface area contributed by atoms with Gasteiger partial charge in [-0.25, -0.2) is 9.78 Å². The van der Waals surface area contributed by atoms with Gasteiger partial charge in [-0.15, -0.1) is 0 Å². The predicted molar refractivity (Wildman–Crippen MR) is 94.0 cm³/mol. The second kappa shape index (κ2) is 6.40. The fraction of sp³-hybridized carbons (Fsp3) is 0.300. The number of ether oxygens (including phenoxy) is 1. The number of hydrogen-bond acceptors (Lipinski definition) is 3. The molecule has 0 atom stereocenters. The van der Waals surface area contributed by atoms with Crippen LogP contribution < -0.4 is 0 Å². The molecule has 1 saturated carbocycles. The maximum absolute atomic E-state index is 13.0. The van der Waals surface area contributed by atoms with Gasteiger partial charge in [0.25, 0.3) is 0 Å². The molecule has 0 bridgehead atoms. The number of carbonyl (C=O) groups excluding carboxylic acids is 1. The highest BCUT2D eigenvalue weighted by molar-refractivity contribution is 5.90. The fourth-order valence-corrected chi connectivity index (χ4v) is 3.15. The van der Waals surface area contributed by atoms with Crippen LogP contribution in [-0.2, 0) is 10.9 Å². The third kappa shape index (κ3) is 3.29. The van der Waals surface area contributed by atoms with Gasteiger partial charge in [0.2, 0.25) is 0 Å². The van der Waals surface area contributed by atoms with Crippen molar-refractivity contribution in [1.29, 1.82) is 0 Å². The molecular formula is C20H17F3N2O2. The van der Waals surface area contributed by atoms with Gasteiger partial charge in [-0.05, 0) is 56.2 Å². The molecule has 1 heterocycles. The maximum Gasteiger partial charge on any atom is 0.416 e. The van der Waals surface area contributed by atoms with E-state index in [0.29, 0.717) is 22.3 Å². The van der Waals surface area contributed by atoms with E-state index in [9.17, 15) is 18.0 Å². The molecule has 4 nitrogen and oxygen atoms in total. The molecule has 1 aromatic heterocycles. The second-order valence-corrected chi connectivity index (χ2v) is 6.55. The molecule has 0 amide bonds. The Bertz CT molecular complexity index is 1020. The number of nitrogens with zero attached hydrogens (tertiary/aromatic N) is 2. The first-order valence-electron chi connectivity index (χ1n) is 8.75. The molecule has 1 aliphatic rings. The van der Waals surface area contributed by atoms with E-state index in [-0.39, 0.29) is 12.5 Å². The van der Waals surface area contributed by atoms with E-state index >= 15 is 0 Å². The number of imidazole rings is 1. The molecule has 27 heavy (non-hydrogen) atoms. The Morgan fingerprint density at radius 2 is 2.00 bits per heavy atom. The van der Waals surface area contributed by atoms with E-state index in [1.54, 1.807) is 25.1 Å². The van der Waals surface area contributed by atoms with Crippen LogP contribution in [0.25, 0.3) is 16.7 Å². The van der Waals surface area contributed by atoms with Crippen molar-refractivity contribution < 1.29 is 22.7 Å². The Balaban J connectivity index is 1.87. The molecule has 1 aliphatic carbocycles. The number of benzene rings is 2. The summed E-state index contributed by atoms with van der Waals surface area (Å²) in [5, 5.41) is 0. The van der Waals surface area contributed by atoms with Crippen molar-refractivity contribution in [3.05, 3.63) is 59.4 Å². The first kappa shape index (κ1) is 17.6. The highest BCUT2D eigenvalue weighted by Gasteiger charge is 2.33. The van der Waals surface area contributed by atoms with E-state index in [2.05, 4.69) is 4.98 Å². The summed E-state index contributed by atoms with van der Waals surface area (Å²) in [6, 6.07) is 10.5. The summed E-state index contributed by atoms with van der Waals surface area (Å²) >= 11 is 0. The molecule has 0 spiro atoms. The molecule has 0 saturated heterocycles. The van der Waals surface area contributed by atoms with E-state index in [0.717, 1.165) is 30.8 Å². The number of rotatable bonds is 4. The van der Waals surface area contributed by atoms with Crippen LogP contribution in [0.2, 0.25) is 0 Å². The average Bonchev–Trinajstić information content (AvgIpc) is 3.41. The van der Waals surface area contributed by atoms with Gasteiger partial charge in [-0.3, -0.25) is 4.57 Å². The summed E-state index contributed by atoms with van der Waals surface area (Å²) in [5.74, 6) is 0.513. The summed E-state index contributed by atoms with van der Waals surface area (Å²) in [5.41, 5.74) is 1.25. The Hall–Kier alpha value is -2.83. The number of alkyl halides is 3. The van der Waals surface area contributed by atoms with E-state index in [1.165, 1.54) is 6.07 Å². The van der Waals surface area contributed by atoms with Gasteiger partial charge in [0, 0.05) is 11.6 Å². The summed E-state index contributed by atoms with van der Waals surface area (Å²) in [6.07, 6.45) is -2.51. The fourth-order valence-electron chi connectivity index (χ4n) is 3.15. The molecule has 0 unspecified atom stereocenters. The van der Waals surface area contributed by atoms with Crippen molar-refractivity contribution in [1.82, 2.24) is 9.55 Å². The third-order valence-corrected chi connectivity index (χ3v) is 4.57. The SMILES string of the molecule is CCOC(=O)c1cccc(-n2c(C3CC3)nc3cc(C(F)(F)F)ccc32)c1. The lowest BCUT2D eigenvalue weighted by Crippen LogP contribution is -2.07. The van der Waals surface area contributed by atoms with Gasteiger partial charge in [0.05, 0.1) is 28.8 Å². The van der Waals surface area contributed by atoms with Crippen LogP contribution in [-0.4, -0.2) is 22.1 Å². The molecule has 7 heteroatoms. The van der Waals surface area contributed by atoms with E-state index in [1.807, 2.05) is 10.6 Å². The van der Waals surface area contributed by atoms with Crippen LogP contribution in [0, 0.1) is 0 Å².